The molecule has 5 nitrogen and oxygen atoms in total. The molecule has 0 radical (unpaired) electrons. The van der Waals surface area contributed by atoms with Gasteiger partial charge in [0.05, 0.1) is 16.8 Å². The lowest BCUT2D eigenvalue weighted by Gasteiger charge is -2.15. The van der Waals surface area contributed by atoms with Crippen molar-refractivity contribution >= 4 is 21.6 Å². The minimum Gasteiger partial charge on any atom is -0.394 e. The van der Waals surface area contributed by atoms with Crippen LogP contribution in [0.3, 0.4) is 0 Å². The lowest BCUT2D eigenvalue weighted by atomic mass is 10.0. The zero-order valence-electron chi connectivity index (χ0n) is 8.25. The number of thiazole rings is 1. The first kappa shape index (κ1) is 11.3. The Bertz CT molecular complexity index is 547. The summed E-state index contributed by atoms with van der Waals surface area (Å²) in [7, 11) is 0. The summed E-state index contributed by atoms with van der Waals surface area (Å²) >= 11 is 1.04. The molecule has 16 heavy (non-hydrogen) atoms. The number of nitrogens with one attached hydrogen (secondary N) is 1. The maximum Gasteiger partial charge on any atom is 0.305 e. The Balaban J connectivity index is 2.42. The summed E-state index contributed by atoms with van der Waals surface area (Å²) in [6.45, 7) is -0.511. The van der Waals surface area contributed by atoms with E-state index in [-0.39, 0.29) is 4.87 Å². The van der Waals surface area contributed by atoms with Crippen LogP contribution in [0.5, 0.6) is 0 Å². The molecular weight excluding hydrogens is 230 g/mol. The van der Waals surface area contributed by atoms with Crippen LogP contribution in [0.25, 0.3) is 10.2 Å². The van der Waals surface area contributed by atoms with Gasteiger partial charge < -0.3 is 20.3 Å². The second kappa shape index (κ2) is 4.34. The van der Waals surface area contributed by atoms with Gasteiger partial charge in [0.25, 0.3) is 0 Å². The normalized spacial score (nSPS) is 15.2. The van der Waals surface area contributed by atoms with Gasteiger partial charge in [-0.05, 0) is 17.7 Å². The number of rotatable bonds is 3. The van der Waals surface area contributed by atoms with Crippen LogP contribution in [-0.4, -0.2) is 33.0 Å². The van der Waals surface area contributed by atoms with E-state index < -0.39 is 18.8 Å². The fourth-order valence-electron chi connectivity index (χ4n) is 1.47. The minimum absolute atomic E-state index is 0.163. The van der Waals surface area contributed by atoms with Gasteiger partial charge in [0.1, 0.15) is 12.2 Å². The van der Waals surface area contributed by atoms with Crippen molar-refractivity contribution < 1.29 is 15.3 Å². The smallest absolute Gasteiger partial charge is 0.305 e. The van der Waals surface area contributed by atoms with Crippen LogP contribution in [0.1, 0.15) is 11.7 Å². The van der Waals surface area contributed by atoms with Crippen molar-refractivity contribution in [1.29, 1.82) is 0 Å². The highest BCUT2D eigenvalue weighted by molar-refractivity contribution is 7.16. The molecule has 2 atom stereocenters. The predicted octanol–water partition coefficient (Wildman–Crippen LogP) is -0.0238. The highest BCUT2D eigenvalue weighted by Crippen LogP contribution is 2.22. The summed E-state index contributed by atoms with van der Waals surface area (Å²) < 4.78 is 0.715. The molecule has 1 aromatic heterocycles. The van der Waals surface area contributed by atoms with Gasteiger partial charge >= 0.3 is 4.87 Å². The molecule has 2 unspecified atom stereocenters. The van der Waals surface area contributed by atoms with E-state index in [0.717, 1.165) is 11.3 Å². The monoisotopic (exact) mass is 241 g/mol. The van der Waals surface area contributed by atoms with E-state index in [9.17, 15) is 15.0 Å². The maximum absolute atomic E-state index is 11.1. The highest BCUT2D eigenvalue weighted by Gasteiger charge is 2.17. The van der Waals surface area contributed by atoms with Gasteiger partial charge in [-0.1, -0.05) is 17.4 Å². The fraction of sp³-hybridized carbons (Fsp3) is 0.300. The van der Waals surface area contributed by atoms with Crippen molar-refractivity contribution in [1.82, 2.24) is 4.98 Å². The average molecular weight is 241 g/mol. The molecule has 2 aromatic rings. The number of fused-ring (bicyclic) bond motifs is 1. The second-order valence-corrected chi connectivity index (χ2v) is 4.48. The fourth-order valence-corrected chi connectivity index (χ4v) is 2.25. The van der Waals surface area contributed by atoms with Gasteiger partial charge in [0, 0.05) is 0 Å². The van der Waals surface area contributed by atoms with E-state index >= 15 is 0 Å². The second-order valence-electron chi connectivity index (χ2n) is 3.46. The minimum atomic E-state index is -1.21. The third kappa shape index (κ3) is 2.00. The summed E-state index contributed by atoms with van der Waals surface area (Å²) in [4.78, 5) is 13.5. The Morgan fingerprint density at radius 1 is 1.38 bits per heavy atom. The van der Waals surface area contributed by atoms with Gasteiger partial charge in [-0.3, -0.25) is 4.79 Å². The molecule has 4 N–H and O–H groups in total. The van der Waals surface area contributed by atoms with Gasteiger partial charge in [-0.25, -0.2) is 0 Å². The topological polar surface area (TPSA) is 93.6 Å². The number of benzene rings is 1. The maximum atomic E-state index is 11.1. The van der Waals surface area contributed by atoms with Gasteiger partial charge in [-0.2, -0.15) is 0 Å². The molecule has 1 aromatic carbocycles. The number of aliphatic hydroxyl groups excluding tert-OH is 3. The molecule has 0 aliphatic carbocycles. The molecule has 0 aliphatic rings. The molecule has 0 fully saturated rings. The first-order valence-corrected chi connectivity index (χ1v) is 5.53. The van der Waals surface area contributed by atoms with Crippen LogP contribution in [-0.2, 0) is 0 Å². The molecule has 0 aliphatic heterocycles. The average Bonchev–Trinajstić information content (AvgIpc) is 2.65. The van der Waals surface area contributed by atoms with Crippen molar-refractivity contribution in [2.24, 2.45) is 0 Å². The first-order valence-electron chi connectivity index (χ1n) is 4.71. The van der Waals surface area contributed by atoms with Gasteiger partial charge in [-0.15, -0.1) is 0 Å². The number of aromatic nitrogens is 1. The van der Waals surface area contributed by atoms with Gasteiger partial charge in [0.2, 0.25) is 0 Å². The van der Waals surface area contributed by atoms with Crippen molar-refractivity contribution in [2.75, 3.05) is 6.61 Å². The van der Waals surface area contributed by atoms with Crippen LogP contribution in [0.2, 0.25) is 0 Å². The van der Waals surface area contributed by atoms with Crippen molar-refractivity contribution in [3.8, 4) is 0 Å². The first-order chi connectivity index (χ1) is 7.61. The third-order valence-corrected chi connectivity index (χ3v) is 3.18. The van der Waals surface area contributed by atoms with E-state index in [2.05, 4.69) is 4.98 Å². The summed E-state index contributed by atoms with van der Waals surface area (Å²) in [5, 5.41) is 27.7. The van der Waals surface area contributed by atoms with E-state index in [0.29, 0.717) is 15.8 Å². The van der Waals surface area contributed by atoms with E-state index in [1.165, 1.54) is 0 Å². The SMILES string of the molecule is O=c1[nH]c2ccc(C(O)C(O)CO)cc2s1. The Morgan fingerprint density at radius 2 is 2.12 bits per heavy atom. The summed E-state index contributed by atoms with van der Waals surface area (Å²) in [5.41, 5.74) is 1.17. The molecule has 0 bridgehead atoms. The Kier molecular flexibility index (Phi) is 3.06. The molecule has 0 spiro atoms. The van der Waals surface area contributed by atoms with Crippen LogP contribution in [0.15, 0.2) is 23.0 Å². The Morgan fingerprint density at radius 3 is 2.81 bits per heavy atom. The van der Waals surface area contributed by atoms with Crippen LogP contribution < -0.4 is 4.87 Å². The third-order valence-electron chi connectivity index (χ3n) is 2.34. The lowest BCUT2D eigenvalue weighted by molar-refractivity contribution is -0.0151. The molecule has 1 heterocycles. The predicted molar refractivity (Wildman–Crippen MR) is 60.5 cm³/mol. The summed E-state index contributed by atoms with van der Waals surface area (Å²) in [6.07, 6.45) is -2.36. The molecule has 6 heteroatoms. The Hall–Kier alpha value is -1.21. The van der Waals surface area contributed by atoms with E-state index in [1.54, 1.807) is 18.2 Å². The van der Waals surface area contributed by atoms with Crippen molar-refractivity contribution in [2.45, 2.75) is 12.2 Å². The molecular formula is C10H11NO4S. The van der Waals surface area contributed by atoms with Crippen LogP contribution >= 0.6 is 11.3 Å². The molecule has 86 valence electrons. The van der Waals surface area contributed by atoms with Gasteiger partial charge in [0.15, 0.2) is 0 Å². The molecule has 2 rings (SSSR count). The summed E-state index contributed by atoms with van der Waals surface area (Å²) in [6, 6.07) is 4.89. The standard InChI is InChI=1S/C10H11NO4S/c12-4-7(13)9(14)5-1-2-6-8(3-5)16-10(15)11-6/h1-3,7,9,12-14H,4H2,(H,11,15). The molecule has 0 saturated heterocycles. The zero-order valence-corrected chi connectivity index (χ0v) is 9.07. The molecule has 0 amide bonds. The van der Waals surface area contributed by atoms with Crippen molar-refractivity contribution in [3.63, 3.8) is 0 Å². The number of H-pyrrole nitrogens is 1. The summed E-state index contributed by atoms with van der Waals surface area (Å²) in [5.74, 6) is 0. The zero-order chi connectivity index (χ0) is 11.7. The number of hydrogen-bond acceptors (Lipinski definition) is 5. The van der Waals surface area contributed by atoms with E-state index in [1.807, 2.05) is 0 Å². The number of aromatic amines is 1. The number of aliphatic hydroxyl groups is 3. The number of hydrogen-bond donors (Lipinski definition) is 4. The quantitative estimate of drug-likeness (QED) is 0.607. The Labute approximate surface area is 94.6 Å². The van der Waals surface area contributed by atoms with Crippen molar-refractivity contribution in [3.05, 3.63) is 33.4 Å². The lowest BCUT2D eigenvalue weighted by Crippen LogP contribution is -2.21. The molecule has 0 saturated carbocycles. The highest BCUT2D eigenvalue weighted by atomic mass is 32.1. The van der Waals surface area contributed by atoms with Crippen LogP contribution in [0.4, 0.5) is 0 Å². The largest absolute Gasteiger partial charge is 0.394 e. The van der Waals surface area contributed by atoms with E-state index in [4.69, 9.17) is 5.11 Å². The van der Waals surface area contributed by atoms with Crippen LogP contribution in [0, 0.1) is 0 Å².